The van der Waals surface area contributed by atoms with Crippen LogP contribution in [0.5, 0.6) is 0 Å². The number of benzene rings is 7. The Morgan fingerprint density at radius 3 is 0.946 bits per heavy atom. The van der Waals surface area contributed by atoms with E-state index in [4.69, 9.17) is 29.9 Å². The summed E-state index contributed by atoms with van der Waals surface area (Å²) in [6.07, 6.45) is 0. The Balaban J connectivity index is 1.22. The van der Waals surface area contributed by atoms with Gasteiger partial charge in [-0.05, 0) is 58.7 Å². The van der Waals surface area contributed by atoms with E-state index in [1.54, 1.807) is 0 Å². The van der Waals surface area contributed by atoms with Crippen LogP contribution in [0.4, 0.5) is 0 Å². The van der Waals surface area contributed by atoms with Gasteiger partial charge in [-0.15, -0.1) is 0 Å². The fourth-order valence-electron chi connectivity index (χ4n) is 6.57. The monoisotopic (exact) mass is 717 g/mol. The zero-order valence-corrected chi connectivity index (χ0v) is 30.0. The van der Waals surface area contributed by atoms with E-state index in [9.17, 15) is 5.26 Å². The first-order valence-corrected chi connectivity index (χ1v) is 18.2. The van der Waals surface area contributed by atoms with E-state index in [-0.39, 0.29) is 0 Å². The molecule has 0 fully saturated rings. The molecule has 0 saturated carbocycles. The maximum atomic E-state index is 9.78. The van der Waals surface area contributed by atoms with Crippen molar-refractivity contribution in [2.45, 2.75) is 0 Å². The lowest BCUT2D eigenvalue weighted by Gasteiger charge is -2.13. The largest absolute Gasteiger partial charge is 0.208 e. The molecular weight excluding hydrogens is 687 g/mol. The molecule has 0 saturated heterocycles. The van der Waals surface area contributed by atoms with Gasteiger partial charge in [0.2, 0.25) is 0 Å². The van der Waals surface area contributed by atoms with Gasteiger partial charge in [-0.1, -0.05) is 152 Å². The highest BCUT2D eigenvalue weighted by atomic mass is 15.0. The van der Waals surface area contributed by atoms with Crippen LogP contribution in [0.15, 0.2) is 188 Å². The van der Waals surface area contributed by atoms with Crippen molar-refractivity contribution in [1.29, 1.82) is 5.26 Å². The molecule has 2 aromatic heterocycles. The molecule has 9 aromatic rings. The van der Waals surface area contributed by atoms with Crippen molar-refractivity contribution in [2.75, 3.05) is 0 Å². The van der Waals surface area contributed by atoms with Crippen molar-refractivity contribution in [3.63, 3.8) is 0 Å². The van der Waals surface area contributed by atoms with Gasteiger partial charge >= 0.3 is 0 Å². The standard InChI is InChI=1S/C49H31N7/c50-32-33-15-13-24-38(27-33)41-29-42(31-43(30-41)49-55-46(36-20-9-3-10-21-36)52-47(56-49)37-22-11-4-12-23-37)39-25-14-26-40(28-39)48-53-44(34-16-5-1-6-17-34)51-45(54-48)35-18-7-2-8-19-35/h1-31H. The number of nitrogens with zero attached hydrogens (tertiary/aromatic N) is 7. The molecule has 0 aliphatic carbocycles. The highest BCUT2D eigenvalue weighted by molar-refractivity contribution is 5.82. The number of rotatable bonds is 8. The number of hydrogen-bond donors (Lipinski definition) is 0. The maximum absolute atomic E-state index is 9.78. The molecule has 7 nitrogen and oxygen atoms in total. The molecule has 262 valence electrons. The first-order chi connectivity index (χ1) is 27.7. The molecule has 0 radical (unpaired) electrons. The molecule has 0 amide bonds. The van der Waals surface area contributed by atoms with Crippen molar-refractivity contribution in [1.82, 2.24) is 29.9 Å². The van der Waals surface area contributed by atoms with Crippen LogP contribution in [0, 0.1) is 11.3 Å². The van der Waals surface area contributed by atoms with Crippen LogP contribution >= 0.6 is 0 Å². The van der Waals surface area contributed by atoms with Crippen molar-refractivity contribution >= 4 is 0 Å². The molecule has 7 heteroatoms. The van der Waals surface area contributed by atoms with Gasteiger partial charge in [0, 0.05) is 33.4 Å². The zero-order chi connectivity index (χ0) is 37.7. The summed E-state index contributed by atoms with van der Waals surface area (Å²) in [5, 5.41) is 9.78. The van der Waals surface area contributed by atoms with Gasteiger partial charge in [0.05, 0.1) is 11.6 Å². The molecule has 0 atom stereocenters. The first kappa shape index (κ1) is 33.9. The fraction of sp³-hybridized carbons (Fsp3) is 0. The summed E-state index contributed by atoms with van der Waals surface area (Å²) >= 11 is 0. The summed E-state index contributed by atoms with van der Waals surface area (Å²) in [7, 11) is 0. The summed E-state index contributed by atoms with van der Waals surface area (Å²) in [5.74, 6) is 3.45. The lowest BCUT2D eigenvalue weighted by molar-refractivity contribution is 1.07. The molecule has 0 spiro atoms. The Morgan fingerprint density at radius 2 is 0.536 bits per heavy atom. The first-order valence-electron chi connectivity index (χ1n) is 18.2. The Kier molecular flexibility index (Phi) is 9.18. The average molecular weight is 718 g/mol. The molecule has 0 aliphatic heterocycles. The van der Waals surface area contributed by atoms with Crippen LogP contribution in [0.25, 0.3) is 90.6 Å². The molecule has 0 unspecified atom stereocenters. The van der Waals surface area contributed by atoms with Gasteiger partial charge in [-0.25, -0.2) is 29.9 Å². The molecule has 0 aliphatic rings. The summed E-state index contributed by atoms with van der Waals surface area (Å²) in [6, 6.07) is 64.2. The Hall–Kier alpha value is -7.95. The predicted octanol–water partition coefficient (Wildman–Crippen LogP) is 11.3. The third-order valence-electron chi connectivity index (χ3n) is 9.37. The maximum Gasteiger partial charge on any atom is 0.164 e. The van der Waals surface area contributed by atoms with Crippen LogP contribution in [0.1, 0.15) is 5.56 Å². The van der Waals surface area contributed by atoms with Gasteiger partial charge in [0.1, 0.15) is 0 Å². The summed E-state index contributed by atoms with van der Waals surface area (Å²) in [4.78, 5) is 29.8. The van der Waals surface area contributed by atoms with Crippen LogP contribution in [-0.4, -0.2) is 29.9 Å². The zero-order valence-electron chi connectivity index (χ0n) is 30.0. The van der Waals surface area contributed by atoms with Crippen molar-refractivity contribution in [3.8, 4) is 96.7 Å². The molecule has 0 bridgehead atoms. The number of aromatic nitrogens is 6. The van der Waals surface area contributed by atoms with Crippen molar-refractivity contribution < 1.29 is 0 Å². The fourth-order valence-corrected chi connectivity index (χ4v) is 6.57. The second kappa shape index (κ2) is 15.2. The second-order valence-electron chi connectivity index (χ2n) is 13.1. The lowest BCUT2D eigenvalue weighted by atomic mass is 9.94. The quantitative estimate of drug-likeness (QED) is 0.154. The van der Waals surface area contributed by atoms with Gasteiger partial charge < -0.3 is 0 Å². The van der Waals surface area contributed by atoms with Gasteiger partial charge in [-0.2, -0.15) is 5.26 Å². The van der Waals surface area contributed by atoms with Crippen molar-refractivity contribution in [3.05, 3.63) is 194 Å². The molecular formula is C49H31N7. The minimum atomic E-state index is 0.533. The number of nitriles is 1. The van der Waals surface area contributed by atoms with E-state index < -0.39 is 0 Å². The summed E-state index contributed by atoms with van der Waals surface area (Å²) < 4.78 is 0. The highest BCUT2D eigenvalue weighted by Gasteiger charge is 2.17. The highest BCUT2D eigenvalue weighted by Crippen LogP contribution is 2.35. The van der Waals surface area contributed by atoms with Crippen LogP contribution in [0.2, 0.25) is 0 Å². The van der Waals surface area contributed by atoms with Crippen LogP contribution in [0.3, 0.4) is 0 Å². The Morgan fingerprint density at radius 1 is 0.250 bits per heavy atom. The minimum Gasteiger partial charge on any atom is -0.208 e. The van der Waals surface area contributed by atoms with E-state index in [1.807, 2.05) is 158 Å². The van der Waals surface area contributed by atoms with E-state index >= 15 is 0 Å². The third-order valence-corrected chi connectivity index (χ3v) is 9.37. The lowest BCUT2D eigenvalue weighted by Crippen LogP contribution is -2.01. The average Bonchev–Trinajstić information content (AvgIpc) is 3.30. The predicted molar refractivity (Wildman–Crippen MR) is 221 cm³/mol. The topological polar surface area (TPSA) is 101 Å². The summed E-state index contributed by atoms with van der Waals surface area (Å²) in [6.45, 7) is 0. The van der Waals surface area contributed by atoms with E-state index in [0.717, 1.165) is 55.6 Å². The summed E-state index contributed by atoms with van der Waals surface area (Å²) in [5.41, 5.74) is 9.52. The normalized spacial score (nSPS) is 10.8. The smallest absolute Gasteiger partial charge is 0.164 e. The Bertz CT molecular complexity index is 2740. The third kappa shape index (κ3) is 7.19. The van der Waals surface area contributed by atoms with Crippen molar-refractivity contribution in [2.24, 2.45) is 0 Å². The van der Waals surface area contributed by atoms with Crippen LogP contribution < -0.4 is 0 Å². The van der Waals surface area contributed by atoms with E-state index in [2.05, 4.69) is 36.4 Å². The van der Waals surface area contributed by atoms with Crippen LogP contribution in [-0.2, 0) is 0 Å². The Labute approximate surface area is 324 Å². The van der Waals surface area contributed by atoms with E-state index in [1.165, 1.54) is 0 Å². The molecule has 9 rings (SSSR count). The SMILES string of the molecule is N#Cc1cccc(-c2cc(-c3cccc(-c4nc(-c5ccccc5)nc(-c5ccccc5)n4)c3)cc(-c3nc(-c4ccccc4)nc(-c4ccccc4)n3)c2)c1. The number of hydrogen-bond acceptors (Lipinski definition) is 7. The van der Waals surface area contributed by atoms with E-state index in [0.29, 0.717) is 40.5 Å². The molecule has 56 heavy (non-hydrogen) atoms. The molecule has 2 heterocycles. The van der Waals surface area contributed by atoms with Gasteiger partial charge in [0.25, 0.3) is 0 Å². The molecule has 0 N–H and O–H groups in total. The van der Waals surface area contributed by atoms with Gasteiger partial charge in [0.15, 0.2) is 34.9 Å². The second-order valence-corrected chi connectivity index (χ2v) is 13.1. The minimum absolute atomic E-state index is 0.533. The van der Waals surface area contributed by atoms with Gasteiger partial charge in [-0.3, -0.25) is 0 Å². The molecule has 7 aromatic carbocycles.